The number of alkyl halides is 2. The predicted molar refractivity (Wildman–Crippen MR) is 93.9 cm³/mol. The van der Waals surface area contributed by atoms with Crippen molar-refractivity contribution in [1.82, 2.24) is 9.78 Å². The molecule has 0 fully saturated rings. The van der Waals surface area contributed by atoms with Crippen LogP contribution in [0, 0.1) is 6.92 Å². The Morgan fingerprint density at radius 1 is 1.19 bits per heavy atom. The molecule has 0 amide bonds. The van der Waals surface area contributed by atoms with Crippen molar-refractivity contribution in [3.05, 3.63) is 50.7 Å². The van der Waals surface area contributed by atoms with Crippen LogP contribution >= 0.6 is 50.7 Å². The van der Waals surface area contributed by atoms with Gasteiger partial charge in [-0.3, -0.25) is 4.68 Å². The first-order chi connectivity index (χ1) is 9.93. The number of aryl methyl sites for hydroxylation is 2. The highest BCUT2D eigenvalue weighted by molar-refractivity contribution is 9.10. The van der Waals surface area contributed by atoms with Gasteiger partial charge in [-0.1, -0.05) is 39.7 Å². The average molecular weight is 411 g/mol. The van der Waals surface area contributed by atoms with E-state index in [0.29, 0.717) is 23.2 Å². The molecule has 0 N–H and O–H groups in total. The number of nitrogens with zero attached hydrogens (tertiary/aromatic N) is 2. The highest BCUT2D eigenvalue weighted by Gasteiger charge is 2.33. The van der Waals surface area contributed by atoms with Crippen molar-refractivity contribution in [3.63, 3.8) is 0 Å². The summed E-state index contributed by atoms with van der Waals surface area (Å²) in [6.45, 7) is 1.90. The topological polar surface area (TPSA) is 17.8 Å². The molecule has 0 atom stereocenters. The first-order valence-corrected chi connectivity index (χ1v) is 8.73. The van der Waals surface area contributed by atoms with Crippen LogP contribution < -0.4 is 0 Å². The number of hydrogen-bond acceptors (Lipinski definition) is 1. The smallest absolute Gasteiger partial charge is 0.0847 e. The van der Waals surface area contributed by atoms with E-state index in [1.807, 2.05) is 42.9 Å². The minimum Gasteiger partial charge on any atom is -0.271 e. The van der Waals surface area contributed by atoms with Crippen LogP contribution in [-0.4, -0.2) is 21.5 Å². The zero-order chi connectivity index (χ0) is 15.6. The molecular formula is C15H16BrCl3N2. The van der Waals surface area contributed by atoms with Crippen LogP contribution in [0.5, 0.6) is 0 Å². The van der Waals surface area contributed by atoms with Gasteiger partial charge < -0.3 is 0 Å². The normalized spacial score (nSPS) is 11.9. The molecule has 0 radical (unpaired) electrons. The van der Waals surface area contributed by atoms with E-state index in [2.05, 4.69) is 21.0 Å². The Bertz CT molecular complexity index is 619. The second-order valence-corrected chi connectivity index (χ2v) is 7.03. The van der Waals surface area contributed by atoms with Crippen molar-refractivity contribution in [2.45, 2.75) is 18.8 Å². The van der Waals surface area contributed by atoms with E-state index in [0.717, 1.165) is 21.4 Å². The second kappa shape index (κ2) is 6.91. The molecule has 114 valence electrons. The molecule has 1 heterocycles. The van der Waals surface area contributed by atoms with Gasteiger partial charge in [0.05, 0.1) is 16.4 Å². The third-order valence-electron chi connectivity index (χ3n) is 3.74. The minimum absolute atomic E-state index is 0.367. The van der Waals surface area contributed by atoms with Gasteiger partial charge in [0.15, 0.2) is 0 Å². The molecule has 0 spiro atoms. The van der Waals surface area contributed by atoms with E-state index in [4.69, 9.17) is 34.8 Å². The molecular weight excluding hydrogens is 394 g/mol. The molecule has 2 rings (SSSR count). The van der Waals surface area contributed by atoms with Crippen LogP contribution in [0.3, 0.4) is 0 Å². The van der Waals surface area contributed by atoms with Crippen LogP contribution in [0.1, 0.15) is 17.0 Å². The Hall–Kier alpha value is -0.220. The van der Waals surface area contributed by atoms with Crippen molar-refractivity contribution < 1.29 is 0 Å². The average Bonchev–Trinajstić information content (AvgIpc) is 2.72. The minimum atomic E-state index is -0.367. The van der Waals surface area contributed by atoms with Crippen molar-refractivity contribution in [2.75, 3.05) is 11.8 Å². The van der Waals surface area contributed by atoms with Crippen molar-refractivity contribution in [3.8, 4) is 0 Å². The van der Waals surface area contributed by atoms with Gasteiger partial charge in [0.25, 0.3) is 0 Å². The van der Waals surface area contributed by atoms with E-state index in [1.54, 1.807) is 0 Å². The van der Waals surface area contributed by atoms with Crippen molar-refractivity contribution >= 4 is 50.7 Å². The van der Waals surface area contributed by atoms with Gasteiger partial charge in [-0.05, 0) is 24.6 Å². The molecule has 0 unspecified atom stereocenters. The Labute approximate surface area is 148 Å². The summed E-state index contributed by atoms with van der Waals surface area (Å²) in [5.74, 6) is 0.831. The number of halogens is 4. The van der Waals surface area contributed by atoms with E-state index in [1.165, 1.54) is 0 Å². The third-order valence-corrected chi connectivity index (χ3v) is 5.78. The summed E-state index contributed by atoms with van der Waals surface area (Å²) in [4.78, 5) is 0. The zero-order valence-corrected chi connectivity index (χ0v) is 15.7. The first-order valence-electron chi connectivity index (χ1n) is 6.49. The number of hydrogen-bond donors (Lipinski definition) is 0. The number of rotatable bonds is 5. The van der Waals surface area contributed by atoms with Crippen LogP contribution in [0.2, 0.25) is 5.02 Å². The Morgan fingerprint density at radius 3 is 2.19 bits per heavy atom. The largest absolute Gasteiger partial charge is 0.271 e. The summed E-state index contributed by atoms with van der Waals surface area (Å²) in [6.07, 6.45) is 0.651. The van der Waals surface area contributed by atoms with Crippen molar-refractivity contribution in [2.24, 2.45) is 7.05 Å². The summed E-state index contributed by atoms with van der Waals surface area (Å²) >= 11 is 22.4. The molecule has 1 aromatic heterocycles. The fourth-order valence-electron chi connectivity index (χ4n) is 2.38. The van der Waals surface area contributed by atoms with Gasteiger partial charge in [0, 0.05) is 35.1 Å². The Morgan fingerprint density at radius 2 is 1.76 bits per heavy atom. The van der Waals surface area contributed by atoms with Gasteiger partial charge >= 0.3 is 0 Å². The first kappa shape index (κ1) is 17.1. The van der Waals surface area contributed by atoms with Gasteiger partial charge in [-0.2, -0.15) is 5.10 Å². The number of benzene rings is 1. The van der Waals surface area contributed by atoms with E-state index in [9.17, 15) is 0 Å². The van der Waals surface area contributed by atoms with Crippen LogP contribution in [-0.2, 0) is 18.9 Å². The predicted octanol–water partition coefficient (Wildman–Crippen LogP) is 5.10. The molecule has 0 aliphatic heterocycles. The molecule has 0 bridgehead atoms. The second-order valence-electron chi connectivity index (χ2n) is 5.20. The van der Waals surface area contributed by atoms with Gasteiger partial charge in [0.1, 0.15) is 0 Å². The maximum absolute atomic E-state index is 6.37. The van der Waals surface area contributed by atoms with Gasteiger partial charge in [-0.15, -0.1) is 23.2 Å². The lowest BCUT2D eigenvalue weighted by Crippen LogP contribution is -2.34. The molecule has 0 aliphatic rings. The van der Waals surface area contributed by atoms with Crippen molar-refractivity contribution in [1.29, 1.82) is 0 Å². The molecule has 1 aromatic carbocycles. The molecule has 2 nitrogen and oxygen atoms in total. The fraction of sp³-hybridized carbons (Fsp3) is 0.400. The maximum Gasteiger partial charge on any atom is 0.0847 e. The van der Waals surface area contributed by atoms with Gasteiger partial charge in [-0.25, -0.2) is 0 Å². The lowest BCUT2D eigenvalue weighted by molar-refractivity contribution is 0.511. The van der Waals surface area contributed by atoms with E-state index in [-0.39, 0.29) is 5.41 Å². The summed E-state index contributed by atoms with van der Waals surface area (Å²) in [7, 11) is 1.89. The standard InChI is InChI=1S/C15H16BrCl3N2/c1-10-14(19)13(21(2)20-10)7-15(8-17,9-18)11-3-5-12(16)6-4-11/h3-6H,7-9H2,1-2H3. The maximum atomic E-state index is 6.37. The van der Waals surface area contributed by atoms with Crippen LogP contribution in [0.25, 0.3) is 0 Å². The Kier molecular flexibility index (Phi) is 5.64. The zero-order valence-electron chi connectivity index (χ0n) is 11.8. The monoisotopic (exact) mass is 408 g/mol. The molecule has 0 saturated heterocycles. The third kappa shape index (κ3) is 3.42. The van der Waals surface area contributed by atoms with E-state index < -0.39 is 0 Å². The fourth-order valence-corrected chi connectivity index (χ4v) is 3.66. The number of aromatic nitrogens is 2. The van der Waals surface area contributed by atoms with Gasteiger partial charge in [0.2, 0.25) is 0 Å². The molecule has 2 aromatic rings. The summed E-state index contributed by atoms with van der Waals surface area (Å²) < 4.78 is 2.84. The highest BCUT2D eigenvalue weighted by Crippen LogP contribution is 2.35. The lowest BCUT2D eigenvalue weighted by atomic mass is 9.80. The molecule has 6 heteroatoms. The van der Waals surface area contributed by atoms with Crippen LogP contribution in [0.15, 0.2) is 28.7 Å². The lowest BCUT2D eigenvalue weighted by Gasteiger charge is -2.30. The van der Waals surface area contributed by atoms with E-state index >= 15 is 0 Å². The SMILES string of the molecule is Cc1nn(C)c(CC(CCl)(CCl)c2ccc(Br)cc2)c1Cl. The summed E-state index contributed by atoms with van der Waals surface area (Å²) in [6, 6.07) is 8.09. The molecule has 0 saturated carbocycles. The Balaban J connectivity index is 2.45. The quantitative estimate of drug-likeness (QED) is 0.627. The van der Waals surface area contributed by atoms with Crippen LogP contribution in [0.4, 0.5) is 0 Å². The summed E-state index contributed by atoms with van der Waals surface area (Å²) in [5, 5.41) is 5.05. The highest BCUT2D eigenvalue weighted by atomic mass is 79.9. The summed E-state index contributed by atoms with van der Waals surface area (Å²) in [5.41, 5.74) is 2.51. The molecule has 0 aliphatic carbocycles. The molecule has 21 heavy (non-hydrogen) atoms.